The van der Waals surface area contributed by atoms with Crippen LogP contribution in [0.1, 0.15) is 47.0 Å². The van der Waals surface area contributed by atoms with Crippen molar-refractivity contribution in [2.45, 2.75) is 59.0 Å². The second kappa shape index (κ2) is 5.38. The van der Waals surface area contributed by atoms with Crippen molar-refractivity contribution in [1.29, 1.82) is 0 Å². The molecule has 0 heterocycles. The lowest BCUT2D eigenvalue weighted by Gasteiger charge is -2.29. The van der Waals surface area contributed by atoms with Crippen LogP contribution in [0.2, 0.25) is 0 Å². The minimum absolute atomic E-state index is 0.0302. The van der Waals surface area contributed by atoms with E-state index < -0.39 is 0 Å². The fraction of sp³-hybridized carbons (Fsp3) is 0.929. The summed E-state index contributed by atoms with van der Waals surface area (Å²) in [7, 11) is 3.67. The monoisotopic (exact) mass is 240 g/mol. The molecule has 2 unspecified atom stereocenters. The Morgan fingerprint density at radius 2 is 1.82 bits per heavy atom. The molecule has 0 spiro atoms. The Kier molecular flexibility index (Phi) is 4.59. The Bertz CT molecular complexity index is 269. The molecule has 1 amide bonds. The summed E-state index contributed by atoms with van der Waals surface area (Å²) in [5.41, 5.74) is 0.418. The number of carbonyl (C=O) groups is 1. The van der Waals surface area contributed by atoms with Crippen molar-refractivity contribution in [2.75, 3.05) is 14.1 Å². The zero-order valence-electron chi connectivity index (χ0n) is 12.2. The number of likely N-dealkylation sites (N-methyl/N-ethyl adjacent to an activating group) is 1. The van der Waals surface area contributed by atoms with Crippen molar-refractivity contribution in [2.24, 2.45) is 11.3 Å². The van der Waals surface area contributed by atoms with Crippen LogP contribution in [-0.4, -0.2) is 37.0 Å². The minimum Gasteiger partial charge on any atom is -0.347 e. The first-order valence-corrected chi connectivity index (χ1v) is 6.73. The second-order valence-electron chi connectivity index (χ2n) is 6.46. The molecule has 0 aromatic rings. The van der Waals surface area contributed by atoms with E-state index in [9.17, 15) is 4.79 Å². The Hall–Kier alpha value is -0.570. The number of nitrogens with one attached hydrogen (secondary N) is 1. The maximum absolute atomic E-state index is 12.1. The van der Waals surface area contributed by atoms with Crippen molar-refractivity contribution >= 4 is 5.91 Å². The van der Waals surface area contributed by atoms with Crippen LogP contribution in [0, 0.1) is 11.3 Å². The smallest absolute Gasteiger partial charge is 0.239 e. The molecule has 1 rings (SSSR count). The molecule has 1 N–H and O–H groups in total. The zero-order valence-corrected chi connectivity index (χ0v) is 12.2. The lowest BCUT2D eigenvalue weighted by molar-refractivity contribution is -0.131. The summed E-state index contributed by atoms with van der Waals surface area (Å²) >= 11 is 0. The summed E-state index contributed by atoms with van der Waals surface area (Å²) in [4.78, 5) is 13.8. The highest BCUT2D eigenvalue weighted by Crippen LogP contribution is 2.48. The van der Waals surface area contributed by atoms with Gasteiger partial charge in [-0.3, -0.25) is 4.79 Å². The molecular formula is C14H28N2O. The van der Waals surface area contributed by atoms with E-state index >= 15 is 0 Å². The van der Waals surface area contributed by atoms with Crippen molar-refractivity contribution in [3.8, 4) is 0 Å². The third-order valence-electron chi connectivity index (χ3n) is 3.98. The number of rotatable bonds is 6. The molecule has 3 nitrogen and oxygen atoms in total. The Labute approximate surface area is 106 Å². The predicted molar refractivity (Wildman–Crippen MR) is 71.9 cm³/mol. The fourth-order valence-electron chi connectivity index (χ4n) is 2.16. The van der Waals surface area contributed by atoms with Gasteiger partial charge in [-0.15, -0.1) is 0 Å². The summed E-state index contributed by atoms with van der Waals surface area (Å²) in [6, 6.07) is 0.396. The van der Waals surface area contributed by atoms with Crippen LogP contribution >= 0.6 is 0 Å². The molecule has 1 saturated carbocycles. The average molecular weight is 240 g/mol. The molecule has 0 bridgehead atoms. The van der Waals surface area contributed by atoms with Gasteiger partial charge in [-0.2, -0.15) is 0 Å². The number of amides is 1. The van der Waals surface area contributed by atoms with Crippen molar-refractivity contribution in [3.63, 3.8) is 0 Å². The van der Waals surface area contributed by atoms with Crippen molar-refractivity contribution < 1.29 is 4.79 Å². The van der Waals surface area contributed by atoms with E-state index in [2.05, 4.69) is 33.0 Å². The zero-order chi connectivity index (χ0) is 13.2. The van der Waals surface area contributed by atoms with Gasteiger partial charge in [0.2, 0.25) is 5.91 Å². The highest BCUT2D eigenvalue weighted by molar-refractivity contribution is 5.81. The maximum Gasteiger partial charge on any atom is 0.239 e. The Morgan fingerprint density at radius 3 is 2.18 bits per heavy atom. The summed E-state index contributed by atoms with van der Waals surface area (Å²) in [5.74, 6) is 0.741. The van der Waals surface area contributed by atoms with E-state index in [0.717, 1.165) is 6.42 Å². The highest BCUT2D eigenvalue weighted by atomic mass is 16.2. The van der Waals surface area contributed by atoms with Crippen LogP contribution in [-0.2, 0) is 4.79 Å². The van der Waals surface area contributed by atoms with Gasteiger partial charge in [0.15, 0.2) is 0 Å². The van der Waals surface area contributed by atoms with Gasteiger partial charge in [-0.05, 0) is 37.5 Å². The largest absolute Gasteiger partial charge is 0.347 e. The molecule has 0 radical (unpaired) electrons. The standard InChI is InChI=1S/C14H28N2O/c1-10(2)9-12(13(17)16(5)6)15-11(3)14(4)7-8-14/h10-12,15H,7-9H2,1-6H3. The van der Waals surface area contributed by atoms with Crippen LogP contribution in [0.3, 0.4) is 0 Å². The molecule has 3 heteroatoms. The van der Waals surface area contributed by atoms with E-state index in [1.165, 1.54) is 12.8 Å². The Morgan fingerprint density at radius 1 is 1.29 bits per heavy atom. The number of nitrogens with zero attached hydrogens (tertiary/aromatic N) is 1. The van der Waals surface area contributed by atoms with Crippen LogP contribution in [0.15, 0.2) is 0 Å². The third-order valence-corrected chi connectivity index (χ3v) is 3.98. The molecular weight excluding hydrogens is 212 g/mol. The van der Waals surface area contributed by atoms with E-state index in [4.69, 9.17) is 0 Å². The number of hydrogen-bond acceptors (Lipinski definition) is 2. The highest BCUT2D eigenvalue weighted by Gasteiger charge is 2.43. The fourth-order valence-corrected chi connectivity index (χ4v) is 2.16. The topological polar surface area (TPSA) is 32.3 Å². The predicted octanol–water partition coefficient (Wildman–Crippen LogP) is 2.27. The maximum atomic E-state index is 12.1. The van der Waals surface area contributed by atoms with Gasteiger partial charge in [-0.25, -0.2) is 0 Å². The van der Waals surface area contributed by atoms with E-state index in [1.807, 2.05) is 14.1 Å². The lowest BCUT2D eigenvalue weighted by Crippen LogP contribution is -2.49. The van der Waals surface area contributed by atoms with Gasteiger partial charge >= 0.3 is 0 Å². The molecule has 100 valence electrons. The van der Waals surface area contributed by atoms with E-state index in [1.54, 1.807) is 4.90 Å². The molecule has 0 aromatic carbocycles. The number of hydrogen-bond donors (Lipinski definition) is 1. The molecule has 2 atom stereocenters. The summed E-state index contributed by atoms with van der Waals surface area (Å²) < 4.78 is 0. The van der Waals surface area contributed by atoms with Gasteiger partial charge in [-0.1, -0.05) is 20.8 Å². The van der Waals surface area contributed by atoms with Gasteiger partial charge in [0, 0.05) is 20.1 Å². The van der Waals surface area contributed by atoms with Gasteiger partial charge in [0.25, 0.3) is 0 Å². The van der Waals surface area contributed by atoms with Crippen molar-refractivity contribution in [1.82, 2.24) is 10.2 Å². The van der Waals surface area contributed by atoms with Crippen molar-refractivity contribution in [3.05, 3.63) is 0 Å². The van der Waals surface area contributed by atoms with Crippen LogP contribution in [0.5, 0.6) is 0 Å². The first kappa shape index (κ1) is 14.5. The Balaban J connectivity index is 2.59. The van der Waals surface area contributed by atoms with Crippen LogP contribution < -0.4 is 5.32 Å². The molecule has 0 aromatic heterocycles. The van der Waals surface area contributed by atoms with Crippen LogP contribution in [0.25, 0.3) is 0 Å². The third kappa shape index (κ3) is 3.98. The van der Waals surface area contributed by atoms with Gasteiger partial charge in [0.05, 0.1) is 6.04 Å². The first-order valence-electron chi connectivity index (χ1n) is 6.73. The molecule has 1 aliphatic carbocycles. The summed E-state index contributed by atoms with van der Waals surface area (Å²) in [5, 5.41) is 3.54. The normalized spacial score (nSPS) is 21.1. The van der Waals surface area contributed by atoms with E-state index in [0.29, 0.717) is 17.4 Å². The molecule has 0 aliphatic heterocycles. The lowest BCUT2D eigenvalue weighted by atomic mass is 9.96. The molecule has 1 aliphatic rings. The molecule has 0 saturated heterocycles. The average Bonchev–Trinajstić information content (AvgIpc) is 2.94. The van der Waals surface area contributed by atoms with Crippen LogP contribution in [0.4, 0.5) is 0 Å². The second-order valence-corrected chi connectivity index (χ2v) is 6.46. The number of carbonyl (C=O) groups excluding carboxylic acids is 1. The van der Waals surface area contributed by atoms with Gasteiger partial charge in [0.1, 0.15) is 0 Å². The molecule has 1 fully saturated rings. The van der Waals surface area contributed by atoms with Gasteiger partial charge < -0.3 is 10.2 Å². The van der Waals surface area contributed by atoms with E-state index in [-0.39, 0.29) is 11.9 Å². The SMILES string of the molecule is CC(C)CC(NC(C)C1(C)CC1)C(=O)N(C)C. The summed E-state index contributed by atoms with van der Waals surface area (Å²) in [6.45, 7) is 8.85. The summed E-state index contributed by atoms with van der Waals surface area (Å²) in [6.07, 6.45) is 3.48. The molecule has 17 heavy (non-hydrogen) atoms. The minimum atomic E-state index is -0.0302. The first-order chi connectivity index (χ1) is 7.76. The quantitative estimate of drug-likeness (QED) is 0.772.